The van der Waals surface area contributed by atoms with Gasteiger partial charge >= 0.3 is 5.97 Å². The summed E-state index contributed by atoms with van der Waals surface area (Å²) in [4.78, 5) is 10.4. The van der Waals surface area contributed by atoms with Gasteiger partial charge in [-0.2, -0.15) is 0 Å². The highest BCUT2D eigenvalue weighted by molar-refractivity contribution is 5.66. The topological polar surface area (TPSA) is 66.8 Å². The molecule has 1 rings (SSSR count). The fourth-order valence-electron chi connectivity index (χ4n) is 1.51. The highest BCUT2D eigenvalue weighted by atomic mass is 16.5. The molecule has 1 aromatic rings. The Labute approximate surface area is 94.5 Å². The molecule has 88 valence electrons. The molecule has 0 atom stereocenters. The fraction of sp³-hybridized carbons (Fsp3) is 0.417. The normalized spacial score (nSPS) is 10.1. The van der Waals surface area contributed by atoms with Crippen molar-refractivity contribution >= 4 is 5.97 Å². The first-order chi connectivity index (χ1) is 7.65. The maximum atomic E-state index is 10.4. The summed E-state index contributed by atoms with van der Waals surface area (Å²) in [5.41, 5.74) is 0.686. The lowest BCUT2D eigenvalue weighted by Gasteiger charge is -2.11. The molecule has 0 aliphatic heterocycles. The molecular formula is C12H16O4. The zero-order chi connectivity index (χ0) is 12.0. The summed E-state index contributed by atoms with van der Waals surface area (Å²) in [6.45, 7) is 2.39. The SMILES string of the molecule is CCOc1cccc(O)c1CCCC(=O)O. The number of carbonyl (C=O) groups is 1. The highest BCUT2D eigenvalue weighted by Gasteiger charge is 2.09. The van der Waals surface area contributed by atoms with Gasteiger partial charge in [0.25, 0.3) is 0 Å². The van der Waals surface area contributed by atoms with Crippen LogP contribution in [-0.4, -0.2) is 22.8 Å². The number of phenolic OH excluding ortho intramolecular Hbond substituents is 1. The van der Waals surface area contributed by atoms with E-state index in [4.69, 9.17) is 9.84 Å². The van der Waals surface area contributed by atoms with Crippen LogP contribution < -0.4 is 4.74 Å². The Morgan fingerprint density at radius 3 is 2.81 bits per heavy atom. The van der Waals surface area contributed by atoms with Crippen molar-refractivity contribution in [2.24, 2.45) is 0 Å². The Morgan fingerprint density at radius 2 is 2.19 bits per heavy atom. The van der Waals surface area contributed by atoms with Crippen LogP contribution in [0.4, 0.5) is 0 Å². The molecule has 0 saturated carbocycles. The molecule has 0 spiro atoms. The lowest BCUT2D eigenvalue weighted by Crippen LogP contribution is -2.00. The first-order valence-electron chi connectivity index (χ1n) is 5.30. The van der Waals surface area contributed by atoms with Crippen molar-refractivity contribution in [1.29, 1.82) is 0 Å². The summed E-state index contributed by atoms with van der Waals surface area (Å²) >= 11 is 0. The second-order valence-electron chi connectivity index (χ2n) is 3.43. The summed E-state index contributed by atoms with van der Waals surface area (Å²) in [7, 11) is 0. The number of rotatable bonds is 6. The maximum Gasteiger partial charge on any atom is 0.303 e. The van der Waals surface area contributed by atoms with E-state index in [9.17, 15) is 9.90 Å². The Balaban J connectivity index is 2.71. The van der Waals surface area contributed by atoms with E-state index in [0.29, 0.717) is 30.8 Å². The first kappa shape index (κ1) is 12.4. The molecule has 1 aromatic carbocycles. The van der Waals surface area contributed by atoms with Gasteiger partial charge in [0.2, 0.25) is 0 Å². The molecule has 0 aliphatic carbocycles. The number of phenols is 1. The molecule has 0 fully saturated rings. The molecule has 0 heterocycles. The van der Waals surface area contributed by atoms with Gasteiger partial charge in [0.15, 0.2) is 0 Å². The van der Waals surface area contributed by atoms with Crippen LogP contribution in [0.15, 0.2) is 18.2 Å². The third kappa shape index (κ3) is 3.46. The molecule has 0 unspecified atom stereocenters. The number of carboxylic acids is 1. The molecule has 0 aromatic heterocycles. The molecule has 0 saturated heterocycles. The Bertz CT molecular complexity index is 360. The van der Waals surface area contributed by atoms with Gasteiger partial charge in [0.1, 0.15) is 11.5 Å². The van der Waals surface area contributed by atoms with E-state index in [-0.39, 0.29) is 12.2 Å². The summed E-state index contributed by atoms with van der Waals surface area (Å²) < 4.78 is 5.37. The van der Waals surface area contributed by atoms with E-state index in [0.717, 1.165) is 0 Å². The molecule has 4 nitrogen and oxygen atoms in total. The van der Waals surface area contributed by atoms with Gasteiger partial charge < -0.3 is 14.9 Å². The van der Waals surface area contributed by atoms with Gasteiger partial charge in [-0.3, -0.25) is 4.79 Å². The van der Waals surface area contributed by atoms with E-state index in [1.54, 1.807) is 18.2 Å². The molecule has 0 bridgehead atoms. The van der Waals surface area contributed by atoms with E-state index >= 15 is 0 Å². The maximum absolute atomic E-state index is 10.4. The number of hydrogen-bond acceptors (Lipinski definition) is 3. The molecular weight excluding hydrogens is 208 g/mol. The van der Waals surface area contributed by atoms with Crippen molar-refractivity contribution in [1.82, 2.24) is 0 Å². The first-order valence-corrected chi connectivity index (χ1v) is 5.30. The molecule has 0 radical (unpaired) electrons. The lowest BCUT2D eigenvalue weighted by molar-refractivity contribution is -0.137. The minimum absolute atomic E-state index is 0.0971. The second-order valence-corrected chi connectivity index (χ2v) is 3.43. The van der Waals surface area contributed by atoms with Crippen LogP contribution in [0.1, 0.15) is 25.3 Å². The van der Waals surface area contributed by atoms with Gasteiger partial charge in [0, 0.05) is 12.0 Å². The number of carboxylic acid groups (broad SMARTS) is 1. The van der Waals surface area contributed by atoms with Crippen LogP contribution >= 0.6 is 0 Å². The Hall–Kier alpha value is -1.71. The number of ether oxygens (including phenoxy) is 1. The fourth-order valence-corrected chi connectivity index (χ4v) is 1.51. The molecule has 2 N–H and O–H groups in total. The Kier molecular flexibility index (Phi) is 4.64. The molecule has 0 amide bonds. The van der Waals surface area contributed by atoms with Crippen molar-refractivity contribution in [2.45, 2.75) is 26.2 Å². The quantitative estimate of drug-likeness (QED) is 0.777. The monoisotopic (exact) mass is 224 g/mol. The van der Waals surface area contributed by atoms with Crippen LogP contribution in [0.3, 0.4) is 0 Å². The molecule has 4 heteroatoms. The number of benzene rings is 1. The van der Waals surface area contributed by atoms with Gasteiger partial charge in [-0.25, -0.2) is 0 Å². The zero-order valence-electron chi connectivity index (χ0n) is 9.27. The molecule has 16 heavy (non-hydrogen) atoms. The predicted molar refractivity (Wildman–Crippen MR) is 59.8 cm³/mol. The van der Waals surface area contributed by atoms with Gasteiger partial charge in [-0.05, 0) is 31.9 Å². The summed E-state index contributed by atoms with van der Waals surface area (Å²) in [5, 5.41) is 18.2. The summed E-state index contributed by atoms with van der Waals surface area (Å²) in [6, 6.07) is 5.07. The van der Waals surface area contributed by atoms with Crippen molar-refractivity contribution in [3.8, 4) is 11.5 Å². The van der Waals surface area contributed by atoms with Crippen molar-refractivity contribution < 1.29 is 19.7 Å². The molecule has 0 aliphatic rings. The zero-order valence-corrected chi connectivity index (χ0v) is 9.27. The van der Waals surface area contributed by atoms with Crippen LogP contribution in [0.25, 0.3) is 0 Å². The van der Waals surface area contributed by atoms with Gasteiger partial charge in [-0.15, -0.1) is 0 Å². The van der Waals surface area contributed by atoms with Crippen molar-refractivity contribution in [3.63, 3.8) is 0 Å². The Morgan fingerprint density at radius 1 is 1.44 bits per heavy atom. The van der Waals surface area contributed by atoms with E-state index < -0.39 is 5.97 Å². The van der Waals surface area contributed by atoms with Gasteiger partial charge in [0.05, 0.1) is 6.61 Å². The second kappa shape index (κ2) is 6.00. The largest absolute Gasteiger partial charge is 0.508 e. The van der Waals surface area contributed by atoms with E-state index in [1.165, 1.54) is 0 Å². The standard InChI is InChI=1S/C12H16O4/c1-2-16-11-7-4-6-10(13)9(11)5-3-8-12(14)15/h4,6-7,13H,2-3,5,8H2,1H3,(H,14,15). The highest BCUT2D eigenvalue weighted by Crippen LogP contribution is 2.29. The lowest BCUT2D eigenvalue weighted by atomic mass is 10.1. The smallest absolute Gasteiger partial charge is 0.303 e. The summed E-state index contributed by atoms with van der Waals surface area (Å²) in [5.74, 6) is -0.0300. The van der Waals surface area contributed by atoms with Crippen LogP contribution in [0, 0.1) is 0 Å². The minimum Gasteiger partial charge on any atom is -0.508 e. The van der Waals surface area contributed by atoms with Crippen molar-refractivity contribution in [3.05, 3.63) is 23.8 Å². The average Bonchev–Trinajstić information content (AvgIpc) is 2.22. The van der Waals surface area contributed by atoms with Gasteiger partial charge in [-0.1, -0.05) is 6.07 Å². The van der Waals surface area contributed by atoms with Crippen LogP contribution in [0.5, 0.6) is 11.5 Å². The van der Waals surface area contributed by atoms with Crippen LogP contribution in [-0.2, 0) is 11.2 Å². The van der Waals surface area contributed by atoms with E-state index in [2.05, 4.69) is 0 Å². The predicted octanol–water partition coefficient (Wildman–Crippen LogP) is 2.20. The van der Waals surface area contributed by atoms with Crippen molar-refractivity contribution in [2.75, 3.05) is 6.61 Å². The average molecular weight is 224 g/mol. The van der Waals surface area contributed by atoms with E-state index in [1.807, 2.05) is 6.92 Å². The van der Waals surface area contributed by atoms with Crippen LogP contribution in [0.2, 0.25) is 0 Å². The number of hydrogen-bond donors (Lipinski definition) is 2. The third-order valence-corrected chi connectivity index (χ3v) is 2.23. The minimum atomic E-state index is -0.826. The number of aromatic hydroxyl groups is 1. The summed E-state index contributed by atoms with van der Waals surface area (Å²) in [6.07, 6.45) is 1.10. The third-order valence-electron chi connectivity index (χ3n) is 2.23. The number of aliphatic carboxylic acids is 1.